The standard InChI is InChI=1S/C23H23ClN4/c1-22(2,3)15-7-8-17-18(10-15)20(14-5-4-6-16(24)9-14)23(12-26,13-27)21(28)19(17)11-25/h4-6,8-9,15,18,20H,7,10,28H2,1-3H3. The maximum absolute atomic E-state index is 10.1. The fraction of sp³-hybridized carbons (Fsp3) is 0.435. The third-order valence-corrected chi connectivity index (χ3v) is 6.54. The Bertz CT molecular complexity index is 977. The van der Waals surface area contributed by atoms with Gasteiger partial charge in [-0.15, -0.1) is 0 Å². The van der Waals surface area contributed by atoms with Crippen LogP contribution in [0.25, 0.3) is 0 Å². The van der Waals surface area contributed by atoms with E-state index in [0.717, 1.165) is 24.0 Å². The van der Waals surface area contributed by atoms with Crippen molar-refractivity contribution in [2.24, 2.45) is 28.4 Å². The molecule has 1 aromatic carbocycles. The van der Waals surface area contributed by atoms with Gasteiger partial charge in [0.25, 0.3) is 0 Å². The molecule has 3 unspecified atom stereocenters. The van der Waals surface area contributed by atoms with Gasteiger partial charge < -0.3 is 5.73 Å². The summed E-state index contributed by atoms with van der Waals surface area (Å²) in [5.74, 6) is -0.246. The third kappa shape index (κ3) is 2.97. The molecule has 28 heavy (non-hydrogen) atoms. The summed E-state index contributed by atoms with van der Waals surface area (Å²) >= 11 is 6.24. The van der Waals surface area contributed by atoms with E-state index in [2.05, 4.69) is 45.1 Å². The molecule has 0 spiro atoms. The van der Waals surface area contributed by atoms with Crippen molar-refractivity contribution in [1.82, 2.24) is 0 Å². The zero-order valence-electron chi connectivity index (χ0n) is 16.3. The Balaban J connectivity index is 2.31. The van der Waals surface area contributed by atoms with Crippen LogP contribution >= 0.6 is 11.6 Å². The number of fused-ring (bicyclic) bond motifs is 1. The molecule has 0 bridgehead atoms. The summed E-state index contributed by atoms with van der Waals surface area (Å²) in [4.78, 5) is 0. The number of hydrogen-bond acceptors (Lipinski definition) is 4. The van der Waals surface area contributed by atoms with Gasteiger partial charge in [0.15, 0.2) is 5.41 Å². The first-order valence-electron chi connectivity index (χ1n) is 9.38. The smallest absolute Gasteiger partial charge is 0.191 e. The molecule has 5 heteroatoms. The average molecular weight is 391 g/mol. The quantitative estimate of drug-likeness (QED) is 0.711. The van der Waals surface area contributed by atoms with Crippen LogP contribution in [0.1, 0.15) is 45.1 Å². The van der Waals surface area contributed by atoms with Crippen LogP contribution in [0.2, 0.25) is 5.02 Å². The lowest BCUT2D eigenvalue weighted by Crippen LogP contribution is -2.44. The van der Waals surface area contributed by atoms with Gasteiger partial charge in [-0.05, 0) is 53.4 Å². The number of nitrogens with two attached hydrogens (primary N) is 1. The van der Waals surface area contributed by atoms with Gasteiger partial charge in [0.2, 0.25) is 0 Å². The topological polar surface area (TPSA) is 97.4 Å². The normalized spacial score (nSPS) is 26.3. The highest BCUT2D eigenvalue weighted by atomic mass is 35.5. The van der Waals surface area contributed by atoms with Crippen LogP contribution in [0.3, 0.4) is 0 Å². The van der Waals surface area contributed by atoms with Crippen LogP contribution in [0.5, 0.6) is 0 Å². The van der Waals surface area contributed by atoms with Gasteiger partial charge in [0.1, 0.15) is 6.07 Å². The van der Waals surface area contributed by atoms with Crippen molar-refractivity contribution in [3.63, 3.8) is 0 Å². The molecule has 0 radical (unpaired) electrons. The first-order valence-corrected chi connectivity index (χ1v) is 9.76. The second-order valence-electron chi connectivity index (χ2n) is 8.77. The summed E-state index contributed by atoms with van der Waals surface area (Å²) in [6, 6.07) is 13.8. The van der Waals surface area contributed by atoms with E-state index in [4.69, 9.17) is 17.3 Å². The monoisotopic (exact) mass is 390 g/mol. The minimum Gasteiger partial charge on any atom is -0.399 e. The van der Waals surface area contributed by atoms with Crippen molar-refractivity contribution in [3.8, 4) is 18.2 Å². The molecule has 0 amide bonds. The molecule has 3 atom stereocenters. The van der Waals surface area contributed by atoms with E-state index in [1.54, 1.807) is 12.1 Å². The molecule has 0 aliphatic heterocycles. The Hall–Kier alpha value is -2.74. The molecule has 1 aromatic rings. The van der Waals surface area contributed by atoms with E-state index in [0.29, 0.717) is 16.5 Å². The predicted molar refractivity (Wildman–Crippen MR) is 108 cm³/mol. The number of halogens is 1. The molecule has 4 nitrogen and oxygen atoms in total. The molecule has 0 heterocycles. The Morgan fingerprint density at radius 3 is 2.39 bits per heavy atom. The summed E-state index contributed by atoms with van der Waals surface area (Å²) in [7, 11) is 0. The zero-order valence-corrected chi connectivity index (χ0v) is 17.1. The molecule has 0 fully saturated rings. The molecule has 0 aromatic heterocycles. The van der Waals surface area contributed by atoms with E-state index in [9.17, 15) is 15.8 Å². The first kappa shape index (κ1) is 20.0. The minimum atomic E-state index is -1.60. The maximum Gasteiger partial charge on any atom is 0.191 e. The summed E-state index contributed by atoms with van der Waals surface area (Å²) < 4.78 is 0. The highest BCUT2D eigenvalue weighted by Gasteiger charge is 2.55. The van der Waals surface area contributed by atoms with Crippen molar-refractivity contribution < 1.29 is 0 Å². The lowest BCUT2D eigenvalue weighted by molar-refractivity contribution is 0.170. The molecule has 2 aliphatic carbocycles. The molecule has 0 saturated carbocycles. The van der Waals surface area contributed by atoms with Crippen molar-refractivity contribution in [1.29, 1.82) is 15.8 Å². The minimum absolute atomic E-state index is 0.0571. The summed E-state index contributed by atoms with van der Waals surface area (Å²) in [6.07, 6.45) is 3.73. The van der Waals surface area contributed by atoms with Crippen molar-refractivity contribution in [2.45, 2.75) is 39.5 Å². The lowest BCUT2D eigenvalue weighted by Gasteiger charge is -2.47. The van der Waals surface area contributed by atoms with E-state index < -0.39 is 11.3 Å². The highest BCUT2D eigenvalue weighted by molar-refractivity contribution is 6.30. The molecular weight excluding hydrogens is 368 g/mol. The van der Waals surface area contributed by atoms with Crippen molar-refractivity contribution >= 4 is 11.6 Å². The largest absolute Gasteiger partial charge is 0.399 e. The SMILES string of the molecule is CC(C)(C)C1CC=C2C(C#N)=C(N)C(C#N)(C#N)C(c3cccc(Cl)c3)C2C1. The van der Waals surface area contributed by atoms with Gasteiger partial charge in [-0.1, -0.05) is 50.6 Å². The summed E-state index contributed by atoms with van der Waals surface area (Å²) in [5, 5.41) is 30.5. The third-order valence-electron chi connectivity index (χ3n) is 6.31. The number of nitriles is 3. The highest BCUT2D eigenvalue weighted by Crippen LogP contribution is 2.58. The van der Waals surface area contributed by atoms with Crippen LogP contribution in [0.15, 0.2) is 47.2 Å². The molecule has 3 rings (SSSR count). The van der Waals surface area contributed by atoms with Crippen LogP contribution in [0.4, 0.5) is 0 Å². The van der Waals surface area contributed by atoms with Gasteiger partial charge in [0.05, 0.1) is 23.4 Å². The van der Waals surface area contributed by atoms with Crippen molar-refractivity contribution in [2.75, 3.05) is 0 Å². The Kier molecular flexibility index (Phi) is 5.01. The van der Waals surface area contributed by atoms with Gasteiger partial charge in [-0.25, -0.2) is 0 Å². The van der Waals surface area contributed by atoms with Crippen LogP contribution in [-0.4, -0.2) is 0 Å². The molecular formula is C23H23ClN4. The van der Waals surface area contributed by atoms with E-state index in [1.807, 2.05) is 12.1 Å². The second kappa shape index (κ2) is 7.01. The van der Waals surface area contributed by atoms with Gasteiger partial charge in [-0.3, -0.25) is 0 Å². The zero-order chi connectivity index (χ0) is 20.7. The molecule has 0 saturated heterocycles. The van der Waals surface area contributed by atoms with Gasteiger partial charge >= 0.3 is 0 Å². The second-order valence-corrected chi connectivity index (χ2v) is 9.20. The fourth-order valence-corrected chi connectivity index (χ4v) is 4.87. The molecule has 142 valence electrons. The number of nitrogens with zero attached hydrogens (tertiary/aromatic N) is 3. The Morgan fingerprint density at radius 2 is 1.86 bits per heavy atom. The van der Waals surface area contributed by atoms with E-state index in [-0.39, 0.29) is 17.0 Å². The average Bonchev–Trinajstić information content (AvgIpc) is 2.66. The van der Waals surface area contributed by atoms with Gasteiger partial charge in [-0.2, -0.15) is 15.8 Å². The van der Waals surface area contributed by atoms with Gasteiger partial charge in [0, 0.05) is 10.9 Å². The number of hydrogen-bond donors (Lipinski definition) is 1. The lowest BCUT2D eigenvalue weighted by atomic mass is 9.54. The predicted octanol–water partition coefficient (Wildman–Crippen LogP) is 5.21. The Morgan fingerprint density at radius 1 is 1.18 bits per heavy atom. The number of allylic oxidation sites excluding steroid dienone is 4. The van der Waals surface area contributed by atoms with E-state index >= 15 is 0 Å². The van der Waals surface area contributed by atoms with Crippen LogP contribution < -0.4 is 5.73 Å². The summed E-state index contributed by atoms with van der Waals surface area (Å²) in [5.41, 5.74) is 6.81. The summed E-state index contributed by atoms with van der Waals surface area (Å²) in [6.45, 7) is 6.60. The molecule has 2 aliphatic rings. The van der Waals surface area contributed by atoms with Crippen molar-refractivity contribution in [3.05, 3.63) is 57.8 Å². The van der Waals surface area contributed by atoms with Crippen LogP contribution in [0, 0.1) is 56.7 Å². The maximum atomic E-state index is 10.1. The van der Waals surface area contributed by atoms with Crippen LogP contribution in [-0.2, 0) is 0 Å². The number of rotatable bonds is 1. The first-order chi connectivity index (χ1) is 13.2. The molecule has 2 N–H and O–H groups in total. The van der Waals surface area contributed by atoms with E-state index in [1.165, 1.54) is 0 Å². The fourth-order valence-electron chi connectivity index (χ4n) is 4.67. The number of benzene rings is 1. The Labute approximate surface area is 171 Å².